The Morgan fingerprint density at radius 1 is 1.20 bits per heavy atom. The number of halogens is 2. The smallest absolute Gasteiger partial charge is 0.237 e. The van der Waals surface area contributed by atoms with E-state index >= 15 is 0 Å². The van der Waals surface area contributed by atoms with E-state index in [4.69, 9.17) is 4.74 Å². The number of ether oxygens (including phenoxy) is 1. The SMILES string of the molecule is O=C1Nc2cccc(F)c2C1C=Nc1ccc(NCCCN2CCOCC2)c(F)c1. The van der Waals surface area contributed by atoms with Gasteiger partial charge in [-0.1, -0.05) is 6.07 Å². The van der Waals surface area contributed by atoms with Gasteiger partial charge < -0.3 is 15.4 Å². The van der Waals surface area contributed by atoms with Crippen LogP contribution in [-0.2, 0) is 9.53 Å². The van der Waals surface area contributed by atoms with Crippen LogP contribution < -0.4 is 10.6 Å². The molecule has 30 heavy (non-hydrogen) atoms. The summed E-state index contributed by atoms with van der Waals surface area (Å²) in [5.74, 6) is -2.07. The minimum atomic E-state index is -0.831. The second-order valence-electron chi connectivity index (χ2n) is 7.34. The van der Waals surface area contributed by atoms with E-state index in [9.17, 15) is 13.6 Å². The molecule has 1 fully saturated rings. The first kappa shape index (κ1) is 20.4. The Labute approximate surface area is 173 Å². The Morgan fingerprint density at radius 3 is 2.83 bits per heavy atom. The molecule has 0 aliphatic carbocycles. The zero-order chi connectivity index (χ0) is 20.9. The molecule has 1 saturated heterocycles. The van der Waals surface area contributed by atoms with E-state index < -0.39 is 17.6 Å². The van der Waals surface area contributed by atoms with Crippen LogP contribution in [0.5, 0.6) is 0 Å². The zero-order valence-corrected chi connectivity index (χ0v) is 16.5. The van der Waals surface area contributed by atoms with E-state index in [0.717, 1.165) is 39.3 Å². The molecule has 2 aliphatic rings. The van der Waals surface area contributed by atoms with Gasteiger partial charge in [0, 0.05) is 43.2 Å². The fourth-order valence-electron chi connectivity index (χ4n) is 3.68. The van der Waals surface area contributed by atoms with Crippen LogP contribution in [0.3, 0.4) is 0 Å². The van der Waals surface area contributed by atoms with Crippen LogP contribution in [0.15, 0.2) is 41.4 Å². The van der Waals surface area contributed by atoms with E-state index in [1.165, 1.54) is 24.4 Å². The van der Waals surface area contributed by atoms with Gasteiger partial charge in [-0.05, 0) is 37.2 Å². The summed E-state index contributed by atoms with van der Waals surface area (Å²) in [5, 5.41) is 5.74. The first-order chi connectivity index (χ1) is 14.6. The van der Waals surface area contributed by atoms with Crippen molar-refractivity contribution in [3.63, 3.8) is 0 Å². The standard InChI is InChI=1S/C22H24F2N4O2/c23-17-3-1-4-20-21(17)16(22(29)27-20)14-26-15-5-6-19(18(24)13-15)25-7-2-8-28-9-11-30-12-10-28/h1,3-6,13-14,16,25H,2,7-12H2,(H,27,29). The lowest BCUT2D eigenvalue weighted by Gasteiger charge is -2.26. The third kappa shape index (κ3) is 4.66. The van der Waals surface area contributed by atoms with E-state index in [1.54, 1.807) is 18.2 Å². The number of anilines is 2. The highest BCUT2D eigenvalue weighted by Crippen LogP contribution is 2.34. The Morgan fingerprint density at radius 2 is 2.03 bits per heavy atom. The lowest BCUT2D eigenvalue weighted by atomic mass is 10.0. The lowest BCUT2D eigenvalue weighted by Crippen LogP contribution is -2.37. The maximum atomic E-state index is 14.4. The molecule has 1 amide bonds. The molecule has 8 heteroatoms. The molecular formula is C22H24F2N4O2. The minimum Gasteiger partial charge on any atom is -0.383 e. The Balaban J connectivity index is 1.34. The number of amides is 1. The van der Waals surface area contributed by atoms with Gasteiger partial charge >= 0.3 is 0 Å². The van der Waals surface area contributed by atoms with Gasteiger partial charge in [-0.3, -0.25) is 14.7 Å². The van der Waals surface area contributed by atoms with Crippen molar-refractivity contribution in [3.05, 3.63) is 53.6 Å². The molecule has 2 aliphatic heterocycles. The quantitative estimate of drug-likeness (QED) is 0.537. The van der Waals surface area contributed by atoms with Crippen LogP contribution in [-0.4, -0.2) is 56.4 Å². The van der Waals surface area contributed by atoms with Gasteiger partial charge in [0.25, 0.3) is 0 Å². The van der Waals surface area contributed by atoms with Gasteiger partial charge in [-0.15, -0.1) is 0 Å². The van der Waals surface area contributed by atoms with Crippen molar-refractivity contribution in [3.8, 4) is 0 Å². The van der Waals surface area contributed by atoms with E-state index in [-0.39, 0.29) is 11.5 Å². The predicted octanol–water partition coefficient (Wildman–Crippen LogP) is 3.54. The number of nitrogens with zero attached hydrogens (tertiary/aromatic N) is 2. The van der Waals surface area contributed by atoms with E-state index in [2.05, 4.69) is 20.5 Å². The first-order valence-electron chi connectivity index (χ1n) is 10.1. The summed E-state index contributed by atoms with van der Waals surface area (Å²) in [5.41, 5.74) is 1.49. The number of benzene rings is 2. The topological polar surface area (TPSA) is 66.0 Å². The van der Waals surface area contributed by atoms with Crippen molar-refractivity contribution in [2.75, 3.05) is 50.0 Å². The van der Waals surface area contributed by atoms with Gasteiger partial charge in [0.1, 0.15) is 17.6 Å². The third-order valence-electron chi connectivity index (χ3n) is 5.30. The molecule has 2 aromatic carbocycles. The summed E-state index contributed by atoms with van der Waals surface area (Å²) in [4.78, 5) is 18.7. The second kappa shape index (κ2) is 9.32. The molecular weight excluding hydrogens is 390 g/mol. The van der Waals surface area contributed by atoms with Crippen LogP contribution in [0, 0.1) is 11.6 Å². The Bertz CT molecular complexity index is 945. The molecule has 0 radical (unpaired) electrons. The molecule has 1 atom stereocenters. The second-order valence-corrected chi connectivity index (χ2v) is 7.34. The van der Waals surface area contributed by atoms with Crippen LogP contribution in [0.1, 0.15) is 17.9 Å². The molecule has 1 unspecified atom stereocenters. The highest BCUT2D eigenvalue weighted by Gasteiger charge is 2.31. The van der Waals surface area contributed by atoms with Crippen LogP contribution in [0.25, 0.3) is 0 Å². The number of carbonyl (C=O) groups excluding carboxylic acids is 1. The van der Waals surface area contributed by atoms with E-state index in [1.807, 2.05) is 0 Å². The fourth-order valence-corrected chi connectivity index (χ4v) is 3.68. The number of nitrogens with one attached hydrogen (secondary N) is 2. The normalized spacial score (nSPS) is 19.1. The maximum absolute atomic E-state index is 14.4. The molecule has 6 nitrogen and oxygen atoms in total. The highest BCUT2D eigenvalue weighted by atomic mass is 19.1. The number of rotatable bonds is 7. The van der Waals surface area contributed by atoms with Crippen molar-refractivity contribution < 1.29 is 18.3 Å². The molecule has 4 rings (SSSR count). The molecule has 0 spiro atoms. The molecule has 0 saturated carbocycles. The lowest BCUT2D eigenvalue weighted by molar-refractivity contribution is -0.115. The van der Waals surface area contributed by atoms with Crippen LogP contribution >= 0.6 is 0 Å². The van der Waals surface area contributed by atoms with Gasteiger partial charge in [0.05, 0.1) is 24.6 Å². The largest absolute Gasteiger partial charge is 0.383 e. The first-order valence-corrected chi connectivity index (χ1v) is 10.1. The maximum Gasteiger partial charge on any atom is 0.237 e. The zero-order valence-electron chi connectivity index (χ0n) is 16.5. The Kier molecular flexibility index (Phi) is 6.35. The van der Waals surface area contributed by atoms with Crippen molar-refractivity contribution in [2.24, 2.45) is 4.99 Å². The summed E-state index contributed by atoms with van der Waals surface area (Å²) < 4.78 is 33.8. The average Bonchev–Trinajstić information content (AvgIpc) is 3.08. The van der Waals surface area contributed by atoms with Gasteiger partial charge in [0.2, 0.25) is 5.91 Å². The van der Waals surface area contributed by atoms with Crippen molar-refractivity contribution in [1.82, 2.24) is 4.90 Å². The highest BCUT2D eigenvalue weighted by molar-refractivity contribution is 6.12. The van der Waals surface area contributed by atoms with E-state index in [0.29, 0.717) is 23.6 Å². The number of hydrogen-bond acceptors (Lipinski definition) is 5. The summed E-state index contributed by atoms with van der Waals surface area (Å²) in [6.07, 6.45) is 2.26. The summed E-state index contributed by atoms with van der Waals surface area (Å²) in [7, 11) is 0. The monoisotopic (exact) mass is 414 g/mol. The number of hydrogen-bond donors (Lipinski definition) is 2. The number of carbonyl (C=O) groups is 1. The molecule has 0 aromatic heterocycles. The number of aliphatic imine (C=N–C) groups is 1. The number of fused-ring (bicyclic) bond motifs is 1. The fraction of sp³-hybridized carbons (Fsp3) is 0.364. The average molecular weight is 414 g/mol. The van der Waals surface area contributed by atoms with Crippen LogP contribution in [0.2, 0.25) is 0 Å². The van der Waals surface area contributed by atoms with Crippen molar-refractivity contribution in [2.45, 2.75) is 12.3 Å². The summed E-state index contributed by atoms with van der Waals surface area (Å²) in [6, 6.07) is 9.08. The van der Waals surface area contributed by atoms with Gasteiger partial charge in [-0.25, -0.2) is 8.78 Å². The third-order valence-corrected chi connectivity index (χ3v) is 5.30. The van der Waals surface area contributed by atoms with Gasteiger partial charge in [0.15, 0.2) is 0 Å². The summed E-state index contributed by atoms with van der Waals surface area (Å²) >= 11 is 0. The molecule has 2 N–H and O–H groups in total. The molecule has 158 valence electrons. The Hall–Kier alpha value is -2.84. The molecule has 2 aromatic rings. The molecule has 0 bridgehead atoms. The van der Waals surface area contributed by atoms with Crippen molar-refractivity contribution >= 4 is 29.2 Å². The van der Waals surface area contributed by atoms with Gasteiger partial charge in [-0.2, -0.15) is 0 Å². The summed E-state index contributed by atoms with van der Waals surface area (Å²) in [6.45, 7) is 5.02. The minimum absolute atomic E-state index is 0.269. The van der Waals surface area contributed by atoms with Crippen molar-refractivity contribution in [1.29, 1.82) is 0 Å². The predicted molar refractivity (Wildman–Crippen MR) is 113 cm³/mol. The van der Waals surface area contributed by atoms with Crippen LogP contribution in [0.4, 0.5) is 25.8 Å². The number of morpholine rings is 1. The molecule has 2 heterocycles.